The zero-order valence-electron chi connectivity index (χ0n) is 13.6. The number of fused-ring (bicyclic) bond motifs is 1. The van der Waals surface area contributed by atoms with Crippen molar-refractivity contribution in [1.29, 1.82) is 0 Å². The predicted molar refractivity (Wildman–Crippen MR) is 86.6 cm³/mol. The number of methoxy groups -OCH3 is 1. The minimum atomic E-state index is -0.326. The van der Waals surface area contributed by atoms with E-state index in [-0.39, 0.29) is 29.4 Å². The fraction of sp³-hybridized carbons (Fsp3) is 0.438. The number of aromatic nitrogens is 2. The van der Waals surface area contributed by atoms with Crippen molar-refractivity contribution in [3.63, 3.8) is 0 Å². The Morgan fingerprint density at radius 3 is 2.83 bits per heavy atom. The molecule has 124 valence electrons. The van der Waals surface area contributed by atoms with Crippen molar-refractivity contribution in [2.45, 2.75) is 26.3 Å². The van der Waals surface area contributed by atoms with Gasteiger partial charge in [0.1, 0.15) is 0 Å². The molecule has 7 nitrogen and oxygen atoms in total. The Balaban J connectivity index is 2.32. The molecule has 0 fully saturated rings. The molecule has 0 aliphatic heterocycles. The molecule has 2 aromatic heterocycles. The molecule has 0 radical (unpaired) electrons. The molecule has 2 aromatic rings. The van der Waals surface area contributed by atoms with Crippen LogP contribution in [0.15, 0.2) is 24.4 Å². The number of hydrogen-bond donors (Lipinski definition) is 2. The third kappa shape index (κ3) is 3.87. The summed E-state index contributed by atoms with van der Waals surface area (Å²) in [4.78, 5) is 28.9. The summed E-state index contributed by atoms with van der Waals surface area (Å²) in [5.41, 5.74) is 0.827. The van der Waals surface area contributed by atoms with E-state index in [1.54, 1.807) is 35.9 Å². The van der Waals surface area contributed by atoms with Gasteiger partial charge in [0.25, 0.3) is 11.8 Å². The molecule has 2 amide bonds. The molecule has 0 aromatic carbocycles. The molecule has 23 heavy (non-hydrogen) atoms. The number of carbonyl (C=O) groups is 2. The Bertz CT molecular complexity index is 696. The van der Waals surface area contributed by atoms with E-state index in [0.717, 1.165) is 6.42 Å². The molecule has 0 saturated carbocycles. The first kappa shape index (κ1) is 17.0. The summed E-state index contributed by atoms with van der Waals surface area (Å²) in [7, 11) is 1.56. The molecule has 0 saturated heterocycles. The summed E-state index contributed by atoms with van der Waals surface area (Å²) in [6.07, 6.45) is 2.54. The lowest BCUT2D eigenvalue weighted by atomic mass is 10.2. The van der Waals surface area contributed by atoms with Crippen LogP contribution >= 0.6 is 0 Å². The van der Waals surface area contributed by atoms with Gasteiger partial charge in [-0.05, 0) is 25.5 Å². The number of ether oxygens (including phenoxy) is 1. The van der Waals surface area contributed by atoms with Crippen LogP contribution in [0.3, 0.4) is 0 Å². The molecular weight excluding hydrogens is 296 g/mol. The molecule has 0 aliphatic carbocycles. The van der Waals surface area contributed by atoms with Gasteiger partial charge in [0.05, 0.1) is 12.1 Å². The van der Waals surface area contributed by atoms with E-state index in [1.165, 1.54) is 0 Å². The normalized spacial score (nSPS) is 12.1. The molecule has 2 heterocycles. The summed E-state index contributed by atoms with van der Waals surface area (Å²) in [5, 5.41) is 5.59. The zero-order valence-corrected chi connectivity index (χ0v) is 13.6. The minimum Gasteiger partial charge on any atom is -0.383 e. The van der Waals surface area contributed by atoms with Crippen molar-refractivity contribution in [3.05, 3.63) is 35.9 Å². The largest absolute Gasteiger partial charge is 0.383 e. The maximum atomic E-state index is 12.4. The predicted octanol–water partition coefficient (Wildman–Crippen LogP) is 1.24. The molecule has 0 bridgehead atoms. The van der Waals surface area contributed by atoms with E-state index >= 15 is 0 Å². The standard InChI is InChI=1S/C16H22N4O3/c1-4-11(2)18-16(22)14-19-13(15(21)17-8-10-23-3)12-7-5-6-9-20(12)14/h5-7,9,11H,4,8,10H2,1-3H3,(H,17,21)(H,18,22). The van der Waals surface area contributed by atoms with Gasteiger partial charge in [-0.25, -0.2) is 4.98 Å². The van der Waals surface area contributed by atoms with Crippen molar-refractivity contribution in [2.75, 3.05) is 20.3 Å². The Hall–Kier alpha value is -2.41. The smallest absolute Gasteiger partial charge is 0.287 e. The van der Waals surface area contributed by atoms with Crippen molar-refractivity contribution >= 4 is 17.3 Å². The monoisotopic (exact) mass is 318 g/mol. The van der Waals surface area contributed by atoms with Crippen LogP contribution in [0.25, 0.3) is 5.52 Å². The average Bonchev–Trinajstić information content (AvgIpc) is 2.94. The van der Waals surface area contributed by atoms with Gasteiger partial charge < -0.3 is 15.4 Å². The number of carbonyl (C=O) groups excluding carboxylic acids is 2. The van der Waals surface area contributed by atoms with Crippen LogP contribution in [0.4, 0.5) is 0 Å². The summed E-state index contributed by atoms with van der Waals surface area (Å²) in [5.74, 6) is -0.414. The van der Waals surface area contributed by atoms with Crippen LogP contribution in [-0.2, 0) is 4.74 Å². The molecule has 2 rings (SSSR count). The lowest BCUT2D eigenvalue weighted by Gasteiger charge is -2.10. The second-order valence-corrected chi connectivity index (χ2v) is 5.27. The number of nitrogens with zero attached hydrogens (tertiary/aromatic N) is 2. The van der Waals surface area contributed by atoms with Crippen LogP contribution in [0, 0.1) is 0 Å². The summed E-state index contributed by atoms with van der Waals surface area (Å²) >= 11 is 0. The lowest BCUT2D eigenvalue weighted by molar-refractivity contribution is 0.0928. The molecule has 0 aliphatic rings. The lowest BCUT2D eigenvalue weighted by Crippen LogP contribution is -2.33. The second-order valence-electron chi connectivity index (χ2n) is 5.27. The first-order valence-corrected chi connectivity index (χ1v) is 7.63. The SMILES string of the molecule is CCC(C)NC(=O)c1nc(C(=O)NCCOC)c2ccccn12. The van der Waals surface area contributed by atoms with Crippen LogP contribution in [0.2, 0.25) is 0 Å². The van der Waals surface area contributed by atoms with Gasteiger partial charge in [0.15, 0.2) is 5.69 Å². The number of imidazole rings is 1. The van der Waals surface area contributed by atoms with Gasteiger partial charge in [-0.3, -0.25) is 14.0 Å². The van der Waals surface area contributed by atoms with Crippen molar-refractivity contribution < 1.29 is 14.3 Å². The molecular formula is C16H22N4O3. The van der Waals surface area contributed by atoms with Gasteiger partial charge >= 0.3 is 0 Å². The molecule has 2 N–H and O–H groups in total. The highest BCUT2D eigenvalue weighted by molar-refractivity contribution is 6.02. The Morgan fingerprint density at radius 1 is 1.35 bits per heavy atom. The number of pyridine rings is 1. The van der Waals surface area contributed by atoms with E-state index in [0.29, 0.717) is 18.7 Å². The Morgan fingerprint density at radius 2 is 2.13 bits per heavy atom. The molecule has 7 heteroatoms. The van der Waals surface area contributed by atoms with E-state index in [4.69, 9.17) is 4.74 Å². The highest BCUT2D eigenvalue weighted by Crippen LogP contribution is 2.13. The second kappa shape index (κ2) is 7.73. The van der Waals surface area contributed by atoms with Gasteiger partial charge in [0, 0.05) is 25.9 Å². The van der Waals surface area contributed by atoms with Crippen LogP contribution in [0.5, 0.6) is 0 Å². The summed E-state index contributed by atoms with van der Waals surface area (Å²) in [6.45, 7) is 4.71. The quantitative estimate of drug-likeness (QED) is 0.752. The molecule has 1 atom stereocenters. The first-order chi connectivity index (χ1) is 11.1. The third-order valence-electron chi connectivity index (χ3n) is 3.55. The zero-order chi connectivity index (χ0) is 16.8. The maximum Gasteiger partial charge on any atom is 0.287 e. The summed E-state index contributed by atoms with van der Waals surface area (Å²) < 4.78 is 6.54. The van der Waals surface area contributed by atoms with Crippen molar-refractivity contribution in [1.82, 2.24) is 20.0 Å². The van der Waals surface area contributed by atoms with Crippen LogP contribution in [0.1, 0.15) is 41.4 Å². The van der Waals surface area contributed by atoms with E-state index < -0.39 is 0 Å². The van der Waals surface area contributed by atoms with Gasteiger partial charge in [-0.1, -0.05) is 13.0 Å². The fourth-order valence-corrected chi connectivity index (χ4v) is 2.11. The topological polar surface area (TPSA) is 84.7 Å². The highest BCUT2D eigenvalue weighted by atomic mass is 16.5. The van der Waals surface area contributed by atoms with E-state index in [9.17, 15) is 9.59 Å². The average molecular weight is 318 g/mol. The fourth-order valence-electron chi connectivity index (χ4n) is 2.11. The molecule has 1 unspecified atom stereocenters. The number of amides is 2. The van der Waals surface area contributed by atoms with Gasteiger partial charge in [-0.2, -0.15) is 0 Å². The first-order valence-electron chi connectivity index (χ1n) is 7.63. The minimum absolute atomic E-state index is 0.0394. The number of hydrogen-bond acceptors (Lipinski definition) is 4. The third-order valence-corrected chi connectivity index (χ3v) is 3.55. The summed E-state index contributed by atoms with van der Waals surface area (Å²) in [6, 6.07) is 5.40. The highest BCUT2D eigenvalue weighted by Gasteiger charge is 2.21. The maximum absolute atomic E-state index is 12.4. The van der Waals surface area contributed by atoms with Crippen molar-refractivity contribution in [3.8, 4) is 0 Å². The van der Waals surface area contributed by atoms with Crippen LogP contribution < -0.4 is 10.6 Å². The van der Waals surface area contributed by atoms with Gasteiger partial charge in [-0.15, -0.1) is 0 Å². The number of nitrogens with one attached hydrogen (secondary N) is 2. The van der Waals surface area contributed by atoms with E-state index in [1.807, 2.05) is 13.8 Å². The van der Waals surface area contributed by atoms with Crippen molar-refractivity contribution in [2.24, 2.45) is 0 Å². The molecule has 0 spiro atoms. The van der Waals surface area contributed by atoms with Gasteiger partial charge in [0.2, 0.25) is 5.82 Å². The van der Waals surface area contributed by atoms with E-state index in [2.05, 4.69) is 15.6 Å². The number of rotatable bonds is 7. The Labute approximate surface area is 135 Å². The Kier molecular flexibility index (Phi) is 5.70. The van der Waals surface area contributed by atoms with Crippen LogP contribution in [-0.4, -0.2) is 47.5 Å².